The molecule has 0 aromatic carbocycles. The van der Waals surface area contributed by atoms with Crippen LogP contribution in [0.1, 0.15) is 39.5 Å². The van der Waals surface area contributed by atoms with Crippen molar-refractivity contribution in [2.45, 2.75) is 57.7 Å². The van der Waals surface area contributed by atoms with Gasteiger partial charge in [0.05, 0.1) is 0 Å². The highest BCUT2D eigenvalue weighted by molar-refractivity contribution is 4.92. The Morgan fingerprint density at radius 3 is 2.56 bits per heavy atom. The largest absolute Gasteiger partial charge is 0.312 e. The summed E-state index contributed by atoms with van der Waals surface area (Å²) >= 11 is 0. The number of nitrogens with zero attached hydrogens (tertiary/aromatic N) is 2. The first-order valence-electron chi connectivity index (χ1n) is 7.94. The van der Waals surface area contributed by atoms with E-state index in [1.165, 1.54) is 58.4 Å². The van der Waals surface area contributed by atoms with Crippen molar-refractivity contribution < 1.29 is 0 Å². The minimum absolute atomic E-state index is 0.729. The number of nitrogens with one attached hydrogen (secondary N) is 1. The molecule has 0 spiro atoms. The van der Waals surface area contributed by atoms with Crippen LogP contribution < -0.4 is 5.32 Å². The smallest absolute Gasteiger partial charge is 0.0207 e. The van der Waals surface area contributed by atoms with Crippen LogP contribution in [0.5, 0.6) is 0 Å². The lowest BCUT2D eigenvalue weighted by molar-refractivity contribution is 0.262. The van der Waals surface area contributed by atoms with E-state index in [2.05, 4.69) is 29.0 Å². The van der Waals surface area contributed by atoms with Gasteiger partial charge in [-0.15, -0.1) is 0 Å². The van der Waals surface area contributed by atoms with Crippen molar-refractivity contribution in [2.75, 3.05) is 32.7 Å². The van der Waals surface area contributed by atoms with Crippen LogP contribution in [0.3, 0.4) is 0 Å². The molecule has 0 aromatic rings. The molecule has 0 amide bonds. The molecule has 2 heterocycles. The van der Waals surface area contributed by atoms with Crippen LogP contribution in [0, 0.1) is 5.92 Å². The van der Waals surface area contributed by atoms with Gasteiger partial charge >= 0.3 is 0 Å². The van der Waals surface area contributed by atoms with Crippen LogP contribution in [0.2, 0.25) is 0 Å². The van der Waals surface area contributed by atoms with Crippen molar-refractivity contribution in [3.63, 3.8) is 0 Å². The molecular weight excluding hydrogens is 222 g/mol. The summed E-state index contributed by atoms with van der Waals surface area (Å²) in [5.74, 6) is 0.891. The van der Waals surface area contributed by atoms with E-state index in [-0.39, 0.29) is 0 Å². The molecular formula is C15H29N3. The third kappa shape index (κ3) is 3.06. The molecule has 3 fully saturated rings. The molecule has 3 rings (SSSR count). The number of rotatable bonds is 5. The minimum atomic E-state index is 0.729. The first-order valence-corrected chi connectivity index (χ1v) is 7.94. The molecule has 18 heavy (non-hydrogen) atoms. The molecule has 0 radical (unpaired) electrons. The van der Waals surface area contributed by atoms with Gasteiger partial charge in [-0.1, -0.05) is 0 Å². The van der Waals surface area contributed by atoms with Crippen molar-refractivity contribution in [3.8, 4) is 0 Å². The van der Waals surface area contributed by atoms with E-state index in [9.17, 15) is 0 Å². The molecule has 104 valence electrons. The zero-order valence-electron chi connectivity index (χ0n) is 12.1. The SMILES string of the molecule is CC(C)N1CCC(CNC2CCN(C3CC3)C2)C1. The normalized spacial score (nSPS) is 34.8. The van der Waals surface area contributed by atoms with E-state index in [0.717, 1.165) is 24.0 Å². The van der Waals surface area contributed by atoms with Crippen LogP contribution >= 0.6 is 0 Å². The molecule has 2 saturated heterocycles. The van der Waals surface area contributed by atoms with Crippen molar-refractivity contribution >= 4 is 0 Å². The maximum atomic E-state index is 3.83. The van der Waals surface area contributed by atoms with Gasteiger partial charge in [0.15, 0.2) is 0 Å². The molecule has 3 nitrogen and oxygen atoms in total. The van der Waals surface area contributed by atoms with Crippen molar-refractivity contribution in [2.24, 2.45) is 5.92 Å². The lowest BCUT2D eigenvalue weighted by Gasteiger charge is -2.21. The monoisotopic (exact) mass is 251 g/mol. The van der Waals surface area contributed by atoms with Gasteiger partial charge in [-0.05, 0) is 58.5 Å². The first-order chi connectivity index (χ1) is 8.72. The van der Waals surface area contributed by atoms with Crippen LogP contribution in [-0.2, 0) is 0 Å². The van der Waals surface area contributed by atoms with Crippen LogP contribution in [0.15, 0.2) is 0 Å². The molecule has 2 aliphatic heterocycles. The highest BCUT2D eigenvalue weighted by atomic mass is 15.2. The molecule has 2 unspecified atom stereocenters. The fourth-order valence-corrected chi connectivity index (χ4v) is 3.56. The zero-order valence-corrected chi connectivity index (χ0v) is 12.1. The molecule has 2 atom stereocenters. The fraction of sp³-hybridized carbons (Fsp3) is 1.00. The summed E-state index contributed by atoms with van der Waals surface area (Å²) in [6.07, 6.45) is 5.68. The molecule has 3 aliphatic rings. The second-order valence-electron chi connectivity index (χ2n) is 6.86. The molecule has 1 aliphatic carbocycles. The van der Waals surface area contributed by atoms with Gasteiger partial charge in [-0.3, -0.25) is 4.90 Å². The third-order valence-electron chi connectivity index (χ3n) is 5.03. The van der Waals surface area contributed by atoms with Crippen LogP contribution in [0.4, 0.5) is 0 Å². The summed E-state index contributed by atoms with van der Waals surface area (Å²) in [5.41, 5.74) is 0. The second kappa shape index (κ2) is 5.48. The van der Waals surface area contributed by atoms with Gasteiger partial charge in [0.25, 0.3) is 0 Å². The van der Waals surface area contributed by atoms with Crippen molar-refractivity contribution in [1.29, 1.82) is 0 Å². The highest BCUT2D eigenvalue weighted by Gasteiger charge is 2.34. The Bertz CT molecular complexity index is 255. The van der Waals surface area contributed by atoms with Crippen LogP contribution in [-0.4, -0.2) is 60.6 Å². The number of likely N-dealkylation sites (tertiary alicyclic amines) is 2. The van der Waals surface area contributed by atoms with Gasteiger partial charge in [0.1, 0.15) is 0 Å². The summed E-state index contributed by atoms with van der Waals surface area (Å²) in [7, 11) is 0. The fourth-order valence-electron chi connectivity index (χ4n) is 3.56. The summed E-state index contributed by atoms with van der Waals surface area (Å²) in [4.78, 5) is 5.32. The van der Waals surface area contributed by atoms with E-state index in [4.69, 9.17) is 0 Å². The van der Waals surface area contributed by atoms with Gasteiger partial charge in [-0.2, -0.15) is 0 Å². The minimum Gasteiger partial charge on any atom is -0.312 e. The Labute approximate surface area is 112 Å². The maximum absolute atomic E-state index is 3.83. The lowest BCUT2D eigenvalue weighted by atomic mass is 10.1. The number of hydrogen-bond acceptors (Lipinski definition) is 3. The summed E-state index contributed by atoms with van der Waals surface area (Å²) < 4.78 is 0. The molecule has 3 heteroatoms. The molecule has 1 N–H and O–H groups in total. The average molecular weight is 251 g/mol. The van der Waals surface area contributed by atoms with E-state index >= 15 is 0 Å². The molecule has 1 saturated carbocycles. The Morgan fingerprint density at radius 1 is 1.06 bits per heavy atom. The van der Waals surface area contributed by atoms with Gasteiger partial charge in [-0.25, -0.2) is 0 Å². The Hall–Kier alpha value is -0.120. The Morgan fingerprint density at radius 2 is 1.89 bits per heavy atom. The van der Waals surface area contributed by atoms with Crippen molar-refractivity contribution in [1.82, 2.24) is 15.1 Å². The second-order valence-corrected chi connectivity index (χ2v) is 6.86. The highest BCUT2D eigenvalue weighted by Crippen LogP contribution is 2.29. The standard InChI is InChI=1S/C15H29N3/c1-12(2)17-7-5-13(10-17)9-16-14-6-8-18(11-14)15-3-4-15/h12-16H,3-11H2,1-2H3. The van der Waals surface area contributed by atoms with E-state index in [1.807, 2.05) is 0 Å². The van der Waals surface area contributed by atoms with E-state index in [1.54, 1.807) is 0 Å². The summed E-state index contributed by atoms with van der Waals surface area (Å²) in [6.45, 7) is 11.1. The summed E-state index contributed by atoms with van der Waals surface area (Å²) in [5, 5.41) is 3.83. The zero-order chi connectivity index (χ0) is 12.5. The number of hydrogen-bond donors (Lipinski definition) is 1. The maximum Gasteiger partial charge on any atom is 0.0207 e. The van der Waals surface area contributed by atoms with E-state index < -0.39 is 0 Å². The quantitative estimate of drug-likeness (QED) is 0.800. The summed E-state index contributed by atoms with van der Waals surface area (Å²) in [6, 6.07) is 2.46. The molecule has 0 bridgehead atoms. The van der Waals surface area contributed by atoms with Gasteiger partial charge in [0, 0.05) is 37.8 Å². The Kier molecular flexibility index (Phi) is 3.92. The molecule has 0 aromatic heterocycles. The average Bonchev–Trinajstić information content (AvgIpc) is 2.92. The topological polar surface area (TPSA) is 18.5 Å². The lowest BCUT2D eigenvalue weighted by Crippen LogP contribution is -2.37. The predicted octanol–water partition coefficient (Wildman–Crippen LogP) is 1.54. The Balaban J connectivity index is 1.35. The van der Waals surface area contributed by atoms with Gasteiger partial charge in [0.2, 0.25) is 0 Å². The van der Waals surface area contributed by atoms with Crippen LogP contribution in [0.25, 0.3) is 0 Å². The third-order valence-corrected chi connectivity index (χ3v) is 5.03. The predicted molar refractivity (Wildman–Crippen MR) is 75.8 cm³/mol. The van der Waals surface area contributed by atoms with Gasteiger partial charge < -0.3 is 10.2 Å². The first kappa shape index (κ1) is 12.9. The van der Waals surface area contributed by atoms with Crippen molar-refractivity contribution in [3.05, 3.63) is 0 Å². The van der Waals surface area contributed by atoms with E-state index in [0.29, 0.717) is 0 Å².